The van der Waals surface area contributed by atoms with Crippen LogP contribution in [0.1, 0.15) is 37.7 Å². The van der Waals surface area contributed by atoms with Gasteiger partial charge in [0.05, 0.1) is 11.8 Å². The molecule has 2 atom stereocenters. The summed E-state index contributed by atoms with van der Waals surface area (Å²) in [4.78, 5) is 37.9. The third-order valence-electron chi connectivity index (χ3n) is 5.12. The van der Waals surface area contributed by atoms with Gasteiger partial charge < -0.3 is 5.32 Å². The first-order valence-corrected chi connectivity index (χ1v) is 8.92. The second kappa shape index (κ2) is 7.76. The van der Waals surface area contributed by atoms with Crippen molar-refractivity contribution in [1.29, 1.82) is 0 Å². The number of rotatable bonds is 6. The van der Waals surface area contributed by atoms with E-state index in [0.717, 1.165) is 31.2 Å². The molecular formula is C19H23FN2O3. The lowest BCUT2D eigenvalue weighted by atomic mass is 9.81. The lowest BCUT2D eigenvalue weighted by Gasteiger charge is -2.19. The van der Waals surface area contributed by atoms with E-state index in [2.05, 4.69) is 5.32 Å². The zero-order valence-electron chi connectivity index (χ0n) is 14.2. The van der Waals surface area contributed by atoms with E-state index in [1.54, 1.807) is 12.1 Å². The van der Waals surface area contributed by atoms with Crippen molar-refractivity contribution in [1.82, 2.24) is 10.2 Å². The van der Waals surface area contributed by atoms with Crippen LogP contribution in [0.4, 0.5) is 4.39 Å². The van der Waals surface area contributed by atoms with Gasteiger partial charge in [-0.05, 0) is 37.0 Å². The molecule has 25 heavy (non-hydrogen) atoms. The highest BCUT2D eigenvalue weighted by molar-refractivity contribution is 6.05. The van der Waals surface area contributed by atoms with E-state index in [1.165, 1.54) is 17.0 Å². The number of imide groups is 1. The molecule has 1 N–H and O–H groups in total. The molecule has 0 unspecified atom stereocenters. The van der Waals surface area contributed by atoms with Crippen LogP contribution in [0.15, 0.2) is 24.3 Å². The fraction of sp³-hybridized carbons (Fsp3) is 0.526. The third-order valence-corrected chi connectivity index (χ3v) is 5.12. The molecule has 1 saturated heterocycles. The molecule has 3 rings (SSSR count). The third kappa shape index (κ3) is 4.06. The van der Waals surface area contributed by atoms with Crippen LogP contribution in [0.3, 0.4) is 0 Å². The van der Waals surface area contributed by atoms with Crippen molar-refractivity contribution in [2.75, 3.05) is 13.1 Å². The molecule has 1 aromatic carbocycles. The molecule has 0 bridgehead atoms. The second-order valence-corrected chi connectivity index (χ2v) is 6.81. The number of hydrogen-bond donors (Lipinski definition) is 1. The summed E-state index contributed by atoms with van der Waals surface area (Å²) >= 11 is 0. The Morgan fingerprint density at radius 3 is 2.48 bits per heavy atom. The Kier molecular flexibility index (Phi) is 5.46. The van der Waals surface area contributed by atoms with E-state index in [1.807, 2.05) is 0 Å². The summed E-state index contributed by atoms with van der Waals surface area (Å²) in [5.41, 5.74) is 0.814. The number of amides is 3. The summed E-state index contributed by atoms with van der Waals surface area (Å²) in [5.74, 6) is -1.05. The Labute approximate surface area is 146 Å². The molecule has 3 amide bonds. The van der Waals surface area contributed by atoms with E-state index in [-0.39, 0.29) is 48.3 Å². The standard InChI is InChI=1S/C19H23FN2O3/c20-14-5-3-4-13(12-14)8-10-21-17(23)9-11-22-18(24)15-6-1-2-7-16(15)19(22)25/h3-5,12,15-16H,1-2,6-11H2,(H,21,23)/t15-,16-/m0/s1. The van der Waals surface area contributed by atoms with Crippen molar-refractivity contribution < 1.29 is 18.8 Å². The van der Waals surface area contributed by atoms with Gasteiger partial charge in [0.25, 0.3) is 0 Å². The minimum atomic E-state index is -0.295. The van der Waals surface area contributed by atoms with Gasteiger partial charge in [-0.2, -0.15) is 0 Å². The Hall–Kier alpha value is -2.24. The van der Waals surface area contributed by atoms with Crippen LogP contribution in [-0.2, 0) is 20.8 Å². The van der Waals surface area contributed by atoms with Crippen LogP contribution in [0.25, 0.3) is 0 Å². The molecule has 0 spiro atoms. The Morgan fingerprint density at radius 1 is 1.16 bits per heavy atom. The summed E-state index contributed by atoms with van der Waals surface area (Å²) < 4.78 is 13.1. The van der Waals surface area contributed by atoms with Crippen molar-refractivity contribution in [2.24, 2.45) is 11.8 Å². The van der Waals surface area contributed by atoms with Crippen molar-refractivity contribution in [3.8, 4) is 0 Å². The zero-order valence-corrected chi connectivity index (χ0v) is 14.2. The van der Waals surface area contributed by atoms with Crippen molar-refractivity contribution in [2.45, 2.75) is 38.5 Å². The highest BCUT2D eigenvalue weighted by Crippen LogP contribution is 2.37. The molecule has 1 saturated carbocycles. The molecule has 6 heteroatoms. The van der Waals surface area contributed by atoms with Crippen LogP contribution in [0.2, 0.25) is 0 Å². The van der Waals surface area contributed by atoms with E-state index >= 15 is 0 Å². The SMILES string of the molecule is O=C(CCN1C(=O)[C@H]2CCCC[C@@H]2C1=O)NCCc1cccc(F)c1. The van der Waals surface area contributed by atoms with E-state index in [9.17, 15) is 18.8 Å². The Balaban J connectivity index is 1.43. The zero-order chi connectivity index (χ0) is 17.8. The molecule has 1 aromatic rings. The van der Waals surface area contributed by atoms with Gasteiger partial charge in [-0.15, -0.1) is 0 Å². The maximum atomic E-state index is 13.1. The predicted octanol–water partition coefficient (Wildman–Crippen LogP) is 2.05. The Bertz CT molecular complexity index is 652. The van der Waals surface area contributed by atoms with Gasteiger partial charge in [0.2, 0.25) is 17.7 Å². The molecule has 2 aliphatic rings. The average molecular weight is 346 g/mol. The van der Waals surface area contributed by atoms with Crippen LogP contribution >= 0.6 is 0 Å². The molecule has 5 nitrogen and oxygen atoms in total. The molecule has 2 fully saturated rings. The monoisotopic (exact) mass is 346 g/mol. The van der Waals surface area contributed by atoms with Crippen LogP contribution in [0.5, 0.6) is 0 Å². The Morgan fingerprint density at radius 2 is 1.84 bits per heavy atom. The fourth-order valence-electron chi connectivity index (χ4n) is 3.79. The molecule has 0 aromatic heterocycles. The number of carbonyl (C=O) groups is 3. The number of nitrogens with zero attached hydrogens (tertiary/aromatic N) is 1. The number of hydrogen-bond acceptors (Lipinski definition) is 3. The van der Waals surface area contributed by atoms with Crippen molar-refractivity contribution in [3.63, 3.8) is 0 Å². The molecular weight excluding hydrogens is 323 g/mol. The number of carbonyl (C=O) groups excluding carboxylic acids is 3. The molecule has 134 valence electrons. The summed E-state index contributed by atoms with van der Waals surface area (Å²) in [6.45, 7) is 0.548. The van der Waals surface area contributed by atoms with E-state index < -0.39 is 0 Å². The summed E-state index contributed by atoms with van der Waals surface area (Å²) in [6.07, 6.45) is 4.20. The van der Waals surface area contributed by atoms with E-state index in [0.29, 0.717) is 13.0 Å². The predicted molar refractivity (Wildman–Crippen MR) is 89.9 cm³/mol. The normalized spacial score (nSPS) is 22.8. The quantitative estimate of drug-likeness (QED) is 0.802. The highest BCUT2D eigenvalue weighted by atomic mass is 19.1. The highest BCUT2D eigenvalue weighted by Gasteiger charge is 2.47. The van der Waals surface area contributed by atoms with Gasteiger partial charge in [0, 0.05) is 19.5 Å². The molecule has 1 heterocycles. The van der Waals surface area contributed by atoms with Gasteiger partial charge in [0.15, 0.2) is 0 Å². The minimum Gasteiger partial charge on any atom is -0.356 e. The summed E-state index contributed by atoms with van der Waals surface area (Å²) in [5, 5.41) is 2.76. The van der Waals surface area contributed by atoms with Crippen molar-refractivity contribution >= 4 is 17.7 Å². The maximum absolute atomic E-state index is 13.1. The molecule has 0 radical (unpaired) electrons. The first kappa shape index (κ1) is 17.6. The maximum Gasteiger partial charge on any atom is 0.233 e. The number of fused-ring (bicyclic) bond motifs is 1. The van der Waals surface area contributed by atoms with Gasteiger partial charge in [-0.25, -0.2) is 4.39 Å². The van der Waals surface area contributed by atoms with E-state index in [4.69, 9.17) is 0 Å². The number of likely N-dealkylation sites (tertiary alicyclic amines) is 1. The smallest absolute Gasteiger partial charge is 0.233 e. The van der Waals surface area contributed by atoms with Gasteiger partial charge in [0.1, 0.15) is 5.82 Å². The van der Waals surface area contributed by atoms with Gasteiger partial charge in [-0.1, -0.05) is 25.0 Å². The summed E-state index contributed by atoms with van der Waals surface area (Å²) in [7, 11) is 0. The number of nitrogens with one attached hydrogen (secondary N) is 1. The first-order valence-electron chi connectivity index (χ1n) is 8.92. The molecule has 1 aliphatic heterocycles. The lowest BCUT2D eigenvalue weighted by molar-refractivity contribution is -0.140. The van der Waals surface area contributed by atoms with Gasteiger partial charge >= 0.3 is 0 Å². The second-order valence-electron chi connectivity index (χ2n) is 6.81. The lowest BCUT2D eigenvalue weighted by Crippen LogP contribution is -2.35. The average Bonchev–Trinajstić information content (AvgIpc) is 2.85. The van der Waals surface area contributed by atoms with Gasteiger partial charge in [-0.3, -0.25) is 19.3 Å². The minimum absolute atomic E-state index is 0.109. The molecule has 1 aliphatic carbocycles. The van der Waals surface area contributed by atoms with Crippen LogP contribution in [-0.4, -0.2) is 35.7 Å². The van der Waals surface area contributed by atoms with Crippen LogP contribution < -0.4 is 5.32 Å². The summed E-state index contributed by atoms with van der Waals surface area (Å²) in [6, 6.07) is 6.26. The number of halogens is 1. The topological polar surface area (TPSA) is 66.5 Å². The fourth-order valence-corrected chi connectivity index (χ4v) is 3.79. The largest absolute Gasteiger partial charge is 0.356 e. The first-order chi connectivity index (χ1) is 12.1. The number of benzene rings is 1. The van der Waals surface area contributed by atoms with Crippen LogP contribution in [0, 0.1) is 17.7 Å². The van der Waals surface area contributed by atoms with Crippen molar-refractivity contribution in [3.05, 3.63) is 35.6 Å².